The van der Waals surface area contributed by atoms with Crippen molar-refractivity contribution in [2.24, 2.45) is 11.7 Å². The van der Waals surface area contributed by atoms with Crippen molar-refractivity contribution in [1.29, 1.82) is 0 Å². The number of carbonyl (C=O) groups is 1. The maximum Gasteiger partial charge on any atom is 0.240 e. The van der Waals surface area contributed by atoms with Crippen LogP contribution in [0.1, 0.15) is 45.4 Å². The Bertz CT molecular complexity index is 275. The molecule has 1 heterocycles. The molecule has 0 bridgehead atoms. The van der Waals surface area contributed by atoms with Crippen LogP contribution in [0.2, 0.25) is 0 Å². The second kappa shape index (κ2) is 5.36. The van der Waals surface area contributed by atoms with Gasteiger partial charge in [0, 0.05) is 12.6 Å². The van der Waals surface area contributed by atoms with Crippen molar-refractivity contribution in [2.75, 3.05) is 13.2 Å². The molecule has 1 aliphatic heterocycles. The van der Waals surface area contributed by atoms with E-state index in [1.165, 1.54) is 6.42 Å². The van der Waals surface area contributed by atoms with Gasteiger partial charge >= 0.3 is 0 Å². The topological polar surface area (TPSA) is 64.3 Å². The fourth-order valence-electron chi connectivity index (χ4n) is 2.82. The van der Waals surface area contributed by atoms with Gasteiger partial charge in [-0.25, -0.2) is 0 Å². The average Bonchev–Trinajstić information content (AvgIpc) is 2.33. The van der Waals surface area contributed by atoms with Crippen LogP contribution >= 0.6 is 0 Å². The lowest BCUT2D eigenvalue weighted by atomic mass is 9.81. The van der Waals surface area contributed by atoms with Gasteiger partial charge in [0.05, 0.1) is 12.1 Å². The van der Waals surface area contributed by atoms with E-state index in [1.807, 2.05) is 0 Å². The molecule has 98 valence electrons. The predicted molar refractivity (Wildman–Crippen MR) is 66.5 cm³/mol. The molecule has 2 atom stereocenters. The van der Waals surface area contributed by atoms with Crippen molar-refractivity contribution in [2.45, 2.75) is 57.0 Å². The third kappa shape index (κ3) is 2.99. The zero-order valence-corrected chi connectivity index (χ0v) is 10.7. The van der Waals surface area contributed by atoms with Crippen LogP contribution in [0.15, 0.2) is 0 Å². The minimum Gasteiger partial charge on any atom is -0.381 e. The predicted octanol–water partition coefficient (Wildman–Crippen LogP) is 1.19. The van der Waals surface area contributed by atoms with Crippen molar-refractivity contribution in [1.82, 2.24) is 5.32 Å². The molecule has 0 aromatic carbocycles. The van der Waals surface area contributed by atoms with E-state index in [1.54, 1.807) is 0 Å². The number of amides is 1. The molecular formula is C13H24N2O2. The van der Waals surface area contributed by atoms with Crippen molar-refractivity contribution in [3.8, 4) is 0 Å². The number of hydrogen-bond acceptors (Lipinski definition) is 3. The Kier molecular flexibility index (Phi) is 4.05. The van der Waals surface area contributed by atoms with Crippen molar-refractivity contribution < 1.29 is 9.53 Å². The van der Waals surface area contributed by atoms with E-state index in [2.05, 4.69) is 12.2 Å². The van der Waals surface area contributed by atoms with Crippen LogP contribution in [-0.2, 0) is 9.53 Å². The summed E-state index contributed by atoms with van der Waals surface area (Å²) in [5, 5.41) is 3.13. The molecule has 1 amide bonds. The summed E-state index contributed by atoms with van der Waals surface area (Å²) in [5.74, 6) is 0.441. The summed E-state index contributed by atoms with van der Waals surface area (Å²) in [6.45, 7) is 3.60. The van der Waals surface area contributed by atoms with E-state index in [9.17, 15) is 4.79 Å². The van der Waals surface area contributed by atoms with Gasteiger partial charge in [0.1, 0.15) is 0 Å². The van der Waals surface area contributed by atoms with E-state index in [-0.39, 0.29) is 11.9 Å². The Labute approximate surface area is 103 Å². The van der Waals surface area contributed by atoms with Gasteiger partial charge in [0.2, 0.25) is 5.91 Å². The quantitative estimate of drug-likeness (QED) is 0.762. The highest BCUT2D eigenvalue weighted by Crippen LogP contribution is 2.26. The summed E-state index contributed by atoms with van der Waals surface area (Å²) in [7, 11) is 0. The molecule has 2 fully saturated rings. The summed E-state index contributed by atoms with van der Waals surface area (Å²) in [4.78, 5) is 12.3. The largest absolute Gasteiger partial charge is 0.381 e. The lowest BCUT2D eigenvalue weighted by Gasteiger charge is -2.36. The summed E-state index contributed by atoms with van der Waals surface area (Å²) >= 11 is 0. The number of nitrogens with one attached hydrogen (secondary N) is 1. The first kappa shape index (κ1) is 12.8. The Morgan fingerprint density at radius 1 is 1.35 bits per heavy atom. The Morgan fingerprint density at radius 2 is 2.06 bits per heavy atom. The third-order valence-corrected chi connectivity index (χ3v) is 4.16. The summed E-state index contributed by atoms with van der Waals surface area (Å²) in [6, 6.07) is 0.235. The number of rotatable bonds is 2. The SMILES string of the molecule is CC1COCCC1NC(=O)C1(N)CCCCC1. The monoisotopic (exact) mass is 240 g/mol. The van der Waals surface area contributed by atoms with Gasteiger partial charge in [0.15, 0.2) is 0 Å². The van der Waals surface area contributed by atoms with Gasteiger partial charge in [-0.1, -0.05) is 26.2 Å². The van der Waals surface area contributed by atoms with E-state index < -0.39 is 5.54 Å². The molecular weight excluding hydrogens is 216 g/mol. The second-order valence-corrected chi connectivity index (χ2v) is 5.64. The van der Waals surface area contributed by atoms with Crippen molar-refractivity contribution >= 4 is 5.91 Å². The van der Waals surface area contributed by atoms with Crippen LogP contribution in [0.5, 0.6) is 0 Å². The average molecular weight is 240 g/mol. The van der Waals surface area contributed by atoms with Crippen molar-refractivity contribution in [3.63, 3.8) is 0 Å². The van der Waals surface area contributed by atoms with Crippen LogP contribution in [0.4, 0.5) is 0 Å². The molecule has 2 unspecified atom stereocenters. The molecule has 0 aromatic heterocycles. The van der Waals surface area contributed by atoms with Crippen LogP contribution < -0.4 is 11.1 Å². The van der Waals surface area contributed by atoms with Crippen LogP contribution in [0.25, 0.3) is 0 Å². The van der Waals surface area contributed by atoms with E-state index in [4.69, 9.17) is 10.5 Å². The zero-order valence-electron chi connectivity index (χ0n) is 10.7. The standard InChI is InChI=1S/C13H24N2O2/c1-10-9-17-8-5-11(10)15-12(16)13(14)6-3-2-4-7-13/h10-11H,2-9,14H2,1H3,(H,15,16). The molecule has 17 heavy (non-hydrogen) atoms. The molecule has 4 nitrogen and oxygen atoms in total. The van der Waals surface area contributed by atoms with Crippen LogP contribution in [-0.4, -0.2) is 30.7 Å². The minimum atomic E-state index is -0.615. The zero-order chi connectivity index (χ0) is 12.3. The fraction of sp³-hybridized carbons (Fsp3) is 0.923. The van der Waals surface area contributed by atoms with Gasteiger partial charge in [-0.05, 0) is 25.2 Å². The second-order valence-electron chi connectivity index (χ2n) is 5.64. The van der Waals surface area contributed by atoms with E-state index in [0.717, 1.165) is 45.3 Å². The van der Waals surface area contributed by atoms with Crippen LogP contribution in [0.3, 0.4) is 0 Å². The normalized spacial score (nSPS) is 33.1. The lowest BCUT2D eigenvalue weighted by Crippen LogP contribution is -2.58. The van der Waals surface area contributed by atoms with Gasteiger partial charge in [0.25, 0.3) is 0 Å². The molecule has 0 aromatic rings. The van der Waals surface area contributed by atoms with Gasteiger partial charge in [-0.15, -0.1) is 0 Å². The molecule has 1 saturated carbocycles. The van der Waals surface area contributed by atoms with Crippen molar-refractivity contribution in [3.05, 3.63) is 0 Å². The Balaban J connectivity index is 1.90. The Hall–Kier alpha value is -0.610. The maximum absolute atomic E-state index is 12.3. The summed E-state index contributed by atoms with van der Waals surface area (Å²) < 4.78 is 5.38. The highest BCUT2D eigenvalue weighted by Gasteiger charge is 2.37. The smallest absolute Gasteiger partial charge is 0.240 e. The number of hydrogen-bond donors (Lipinski definition) is 2. The molecule has 1 aliphatic carbocycles. The fourth-order valence-corrected chi connectivity index (χ4v) is 2.82. The highest BCUT2D eigenvalue weighted by atomic mass is 16.5. The number of carbonyl (C=O) groups excluding carboxylic acids is 1. The van der Waals surface area contributed by atoms with Crippen LogP contribution in [0, 0.1) is 5.92 Å². The third-order valence-electron chi connectivity index (χ3n) is 4.16. The Morgan fingerprint density at radius 3 is 2.71 bits per heavy atom. The lowest BCUT2D eigenvalue weighted by molar-refractivity contribution is -0.129. The molecule has 1 saturated heterocycles. The first-order chi connectivity index (χ1) is 8.12. The first-order valence-corrected chi connectivity index (χ1v) is 6.79. The minimum absolute atomic E-state index is 0.0518. The number of ether oxygens (including phenoxy) is 1. The highest BCUT2D eigenvalue weighted by molar-refractivity contribution is 5.86. The van der Waals surface area contributed by atoms with Gasteiger partial charge in [-0.2, -0.15) is 0 Å². The molecule has 2 rings (SSSR count). The molecule has 3 N–H and O–H groups in total. The van der Waals surface area contributed by atoms with Gasteiger partial charge < -0.3 is 15.8 Å². The molecule has 0 radical (unpaired) electrons. The first-order valence-electron chi connectivity index (χ1n) is 6.79. The van der Waals surface area contributed by atoms with E-state index >= 15 is 0 Å². The molecule has 2 aliphatic rings. The molecule has 4 heteroatoms. The summed E-state index contributed by atoms with van der Waals surface area (Å²) in [6.07, 6.45) is 5.93. The summed E-state index contributed by atoms with van der Waals surface area (Å²) in [5.41, 5.74) is 5.61. The van der Waals surface area contributed by atoms with Gasteiger partial charge in [-0.3, -0.25) is 4.79 Å². The number of nitrogens with two attached hydrogens (primary N) is 1. The van der Waals surface area contributed by atoms with E-state index in [0.29, 0.717) is 5.92 Å². The maximum atomic E-state index is 12.3. The molecule has 0 spiro atoms.